The normalized spacial score (nSPS) is 18.5. The number of benzene rings is 2. The number of fused-ring (bicyclic) bond motifs is 2. The molecular weight excluding hydrogens is 332 g/mol. The molecule has 0 radical (unpaired) electrons. The average molecular weight is 350 g/mol. The van der Waals surface area contributed by atoms with Gasteiger partial charge in [-0.25, -0.2) is 4.79 Å². The van der Waals surface area contributed by atoms with Crippen LogP contribution in [0.2, 0.25) is 0 Å². The van der Waals surface area contributed by atoms with Gasteiger partial charge in [-0.05, 0) is 41.3 Å². The quantitative estimate of drug-likeness (QED) is 0.869. The lowest BCUT2D eigenvalue weighted by Gasteiger charge is -2.34. The molecule has 0 fully saturated rings. The van der Waals surface area contributed by atoms with Crippen LogP contribution in [-0.4, -0.2) is 33.8 Å². The van der Waals surface area contributed by atoms with E-state index in [9.17, 15) is 19.5 Å². The van der Waals surface area contributed by atoms with Gasteiger partial charge in [-0.15, -0.1) is 0 Å². The molecule has 0 unspecified atom stereocenters. The fraction of sp³-hybridized carbons (Fsp3) is 0.250. The first-order chi connectivity index (χ1) is 12.5. The highest BCUT2D eigenvalue weighted by Crippen LogP contribution is 2.28. The molecule has 2 heterocycles. The first kappa shape index (κ1) is 16.3. The maximum absolute atomic E-state index is 13.0. The summed E-state index contributed by atoms with van der Waals surface area (Å²) >= 11 is 0. The summed E-state index contributed by atoms with van der Waals surface area (Å²) < 4.78 is 0. The van der Waals surface area contributed by atoms with Gasteiger partial charge in [0.15, 0.2) is 0 Å². The number of rotatable bonds is 2. The van der Waals surface area contributed by atoms with E-state index in [1.165, 1.54) is 4.90 Å². The third-order valence-corrected chi connectivity index (χ3v) is 5.04. The Morgan fingerprint density at radius 2 is 1.81 bits per heavy atom. The number of hydrogen-bond acceptors (Lipinski definition) is 3. The lowest BCUT2D eigenvalue weighted by Crippen LogP contribution is -2.48. The van der Waals surface area contributed by atoms with E-state index in [1.807, 2.05) is 24.3 Å². The van der Waals surface area contributed by atoms with Crippen molar-refractivity contribution in [3.8, 4) is 0 Å². The third kappa shape index (κ3) is 2.83. The molecule has 4 rings (SSSR count). The maximum atomic E-state index is 13.0. The van der Waals surface area contributed by atoms with Gasteiger partial charge >= 0.3 is 5.97 Å². The SMILES string of the molecule is O=C1CCc2cc(C(=O)N3Cc4ccccc4C[C@H]3C(=O)O)ccc2N1. The van der Waals surface area contributed by atoms with Gasteiger partial charge in [-0.1, -0.05) is 24.3 Å². The van der Waals surface area contributed by atoms with Gasteiger partial charge in [0.1, 0.15) is 6.04 Å². The van der Waals surface area contributed by atoms with Crippen molar-refractivity contribution in [1.29, 1.82) is 0 Å². The Labute approximate surface area is 150 Å². The molecule has 2 aromatic carbocycles. The van der Waals surface area contributed by atoms with E-state index in [1.54, 1.807) is 18.2 Å². The van der Waals surface area contributed by atoms with Crippen molar-refractivity contribution in [1.82, 2.24) is 4.90 Å². The minimum atomic E-state index is -1.00. The Hall–Kier alpha value is -3.15. The van der Waals surface area contributed by atoms with Crippen LogP contribution in [0.1, 0.15) is 33.5 Å². The second-order valence-corrected chi connectivity index (χ2v) is 6.68. The molecule has 2 aliphatic heterocycles. The number of carboxylic acid groups (broad SMARTS) is 1. The number of nitrogens with zero attached hydrogens (tertiary/aromatic N) is 1. The van der Waals surface area contributed by atoms with Gasteiger partial charge in [-0.2, -0.15) is 0 Å². The molecule has 2 N–H and O–H groups in total. The monoisotopic (exact) mass is 350 g/mol. The molecule has 2 amide bonds. The molecule has 0 saturated heterocycles. The van der Waals surface area contributed by atoms with Crippen molar-refractivity contribution in [3.05, 3.63) is 64.7 Å². The molecule has 132 valence electrons. The van der Waals surface area contributed by atoms with Gasteiger partial charge < -0.3 is 15.3 Å². The number of aryl methyl sites for hydroxylation is 1. The molecular formula is C20H18N2O4. The minimum Gasteiger partial charge on any atom is -0.480 e. The van der Waals surface area contributed by atoms with Crippen molar-refractivity contribution >= 4 is 23.5 Å². The number of anilines is 1. The fourth-order valence-electron chi connectivity index (χ4n) is 3.64. The third-order valence-electron chi connectivity index (χ3n) is 5.04. The summed E-state index contributed by atoms with van der Waals surface area (Å²) in [6.07, 6.45) is 1.27. The number of aliphatic carboxylic acids is 1. The van der Waals surface area contributed by atoms with Gasteiger partial charge in [0.2, 0.25) is 5.91 Å². The van der Waals surface area contributed by atoms with E-state index in [0.717, 1.165) is 22.4 Å². The van der Waals surface area contributed by atoms with Gasteiger partial charge in [0.25, 0.3) is 5.91 Å². The predicted octanol–water partition coefficient (Wildman–Crippen LogP) is 2.22. The molecule has 0 aromatic heterocycles. The Bertz CT molecular complexity index is 922. The first-order valence-electron chi connectivity index (χ1n) is 8.56. The predicted molar refractivity (Wildman–Crippen MR) is 94.8 cm³/mol. The number of hydrogen-bond donors (Lipinski definition) is 2. The van der Waals surface area contributed by atoms with E-state index >= 15 is 0 Å². The molecule has 0 bridgehead atoms. The number of carboxylic acids is 1. The molecule has 6 heteroatoms. The van der Waals surface area contributed by atoms with Crippen LogP contribution in [0.4, 0.5) is 5.69 Å². The van der Waals surface area contributed by atoms with Crippen molar-refractivity contribution in [2.45, 2.75) is 31.8 Å². The highest BCUT2D eigenvalue weighted by molar-refractivity contribution is 5.99. The molecule has 2 aromatic rings. The van der Waals surface area contributed by atoms with Crippen LogP contribution in [0.5, 0.6) is 0 Å². The van der Waals surface area contributed by atoms with E-state index in [4.69, 9.17) is 0 Å². The Morgan fingerprint density at radius 3 is 2.58 bits per heavy atom. The summed E-state index contributed by atoms with van der Waals surface area (Å²) in [5.41, 5.74) is 4.02. The number of carbonyl (C=O) groups is 3. The van der Waals surface area contributed by atoms with Crippen LogP contribution in [0.25, 0.3) is 0 Å². The molecule has 0 spiro atoms. The molecule has 0 saturated carbocycles. The van der Waals surface area contributed by atoms with E-state index in [0.29, 0.717) is 24.8 Å². The van der Waals surface area contributed by atoms with Crippen LogP contribution in [0, 0.1) is 0 Å². The maximum Gasteiger partial charge on any atom is 0.326 e. The number of carbonyl (C=O) groups excluding carboxylic acids is 2. The zero-order valence-electron chi connectivity index (χ0n) is 14.1. The van der Waals surface area contributed by atoms with Crippen molar-refractivity contribution in [2.75, 3.05) is 5.32 Å². The summed E-state index contributed by atoms with van der Waals surface area (Å²) in [4.78, 5) is 37.7. The van der Waals surface area contributed by atoms with Crippen LogP contribution in [0.15, 0.2) is 42.5 Å². The first-order valence-corrected chi connectivity index (χ1v) is 8.56. The lowest BCUT2D eigenvalue weighted by atomic mass is 9.93. The Balaban J connectivity index is 1.66. The van der Waals surface area contributed by atoms with E-state index in [-0.39, 0.29) is 18.4 Å². The van der Waals surface area contributed by atoms with Crippen LogP contribution >= 0.6 is 0 Å². The lowest BCUT2D eigenvalue weighted by molar-refractivity contribution is -0.142. The van der Waals surface area contributed by atoms with Crippen LogP contribution < -0.4 is 5.32 Å². The molecule has 6 nitrogen and oxygen atoms in total. The van der Waals surface area contributed by atoms with Gasteiger partial charge in [0, 0.05) is 30.6 Å². The molecule has 26 heavy (non-hydrogen) atoms. The second kappa shape index (κ2) is 6.29. The standard InChI is InChI=1S/C20H18N2O4/c23-18-8-6-13-9-14(5-7-16(13)21-18)19(24)22-11-15-4-2-1-3-12(15)10-17(22)20(25)26/h1-5,7,9,17H,6,8,10-11H2,(H,21,23)(H,25,26)/t17-/m0/s1. The number of nitrogens with one attached hydrogen (secondary N) is 1. The largest absolute Gasteiger partial charge is 0.480 e. The van der Waals surface area contributed by atoms with E-state index < -0.39 is 12.0 Å². The van der Waals surface area contributed by atoms with E-state index in [2.05, 4.69) is 5.32 Å². The molecule has 2 aliphatic rings. The van der Waals surface area contributed by atoms with Gasteiger partial charge in [-0.3, -0.25) is 9.59 Å². The van der Waals surface area contributed by atoms with Crippen molar-refractivity contribution in [3.63, 3.8) is 0 Å². The van der Waals surface area contributed by atoms with Gasteiger partial charge in [0.05, 0.1) is 0 Å². The summed E-state index contributed by atoms with van der Waals surface area (Å²) in [6.45, 7) is 0.278. The number of amides is 2. The highest BCUT2D eigenvalue weighted by atomic mass is 16.4. The summed E-state index contributed by atoms with van der Waals surface area (Å²) in [5.74, 6) is -1.33. The summed E-state index contributed by atoms with van der Waals surface area (Å²) in [7, 11) is 0. The summed E-state index contributed by atoms with van der Waals surface area (Å²) in [6, 6.07) is 11.9. The molecule has 0 aliphatic carbocycles. The smallest absolute Gasteiger partial charge is 0.326 e. The fourth-order valence-corrected chi connectivity index (χ4v) is 3.64. The zero-order valence-corrected chi connectivity index (χ0v) is 14.1. The van der Waals surface area contributed by atoms with Crippen LogP contribution in [-0.2, 0) is 29.0 Å². The highest BCUT2D eigenvalue weighted by Gasteiger charge is 2.35. The van der Waals surface area contributed by atoms with Crippen molar-refractivity contribution < 1.29 is 19.5 Å². The zero-order chi connectivity index (χ0) is 18.3. The van der Waals surface area contributed by atoms with Crippen LogP contribution in [0.3, 0.4) is 0 Å². The minimum absolute atomic E-state index is 0.0323. The average Bonchev–Trinajstić information content (AvgIpc) is 2.65. The Kier molecular flexibility index (Phi) is 3.95. The Morgan fingerprint density at radius 1 is 1.04 bits per heavy atom. The topological polar surface area (TPSA) is 86.7 Å². The molecule has 1 atom stereocenters. The van der Waals surface area contributed by atoms with Crippen molar-refractivity contribution in [2.24, 2.45) is 0 Å². The second-order valence-electron chi connectivity index (χ2n) is 6.68. The summed E-state index contributed by atoms with van der Waals surface area (Å²) in [5, 5.41) is 12.4.